The Morgan fingerprint density at radius 2 is 1.95 bits per heavy atom. The van der Waals surface area contributed by atoms with Gasteiger partial charge in [-0.2, -0.15) is 0 Å². The van der Waals surface area contributed by atoms with E-state index in [0.717, 1.165) is 30.2 Å². The SMILES string of the molecule is CCCNC(CSc1cnccn1)c1ccc(CC)cc1. The van der Waals surface area contributed by atoms with Crippen LogP contribution in [0.15, 0.2) is 47.9 Å². The average molecular weight is 301 g/mol. The fraction of sp³-hybridized carbons (Fsp3) is 0.412. The van der Waals surface area contributed by atoms with Crippen LogP contribution in [0.1, 0.15) is 37.4 Å². The van der Waals surface area contributed by atoms with Gasteiger partial charge in [0.2, 0.25) is 0 Å². The largest absolute Gasteiger partial charge is 0.309 e. The van der Waals surface area contributed by atoms with Gasteiger partial charge in [-0.15, -0.1) is 11.8 Å². The number of thioether (sulfide) groups is 1. The second-order valence-corrected chi connectivity index (χ2v) is 6.00. The molecule has 1 heterocycles. The van der Waals surface area contributed by atoms with Crippen molar-refractivity contribution in [3.63, 3.8) is 0 Å². The molecule has 0 saturated heterocycles. The van der Waals surface area contributed by atoms with Crippen molar-refractivity contribution < 1.29 is 0 Å². The summed E-state index contributed by atoms with van der Waals surface area (Å²) in [6.45, 7) is 5.41. The Morgan fingerprint density at radius 3 is 2.57 bits per heavy atom. The molecular weight excluding hydrogens is 278 g/mol. The fourth-order valence-electron chi connectivity index (χ4n) is 2.11. The fourth-order valence-corrected chi connectivity index (χ4v) is 3.02. The number of nitrogens with zero attached hydrogens (tertiary/aromatic N) is 2. The predicted molar refractivity (Wildman–Crippen MR) is 89.6 cm³/mol. The summed E-state index contributed by atoms with van der Waals surface area (Å²) in [5.74, 6) is 0.962. The van der Waals surface area contributed by atoms with Gasteiger partial charge in [-0.1, -0.05) is 38.1 Å². The highest BCUT2D eigenvalue weighted by molar-refractivity contribution is 7.99. The molecular formula is C17H23N3S. The van der Waals surface area contributed by atoms with Crippen LogP contribution in [0, 0.1) is 0 Å². The molecule has 1 aromatic carbocycles. The number of nitrogens with one attached hydrogen (secondary N) is 1. The molecule has 0 amide bonds. The third-order valence-corrected chi connectivity index (χ3v) is 4.38. The molecule has 0 radical (unpaired) electrons. The van der Waals surface area contributed by atoms with Crippen LogP contribution in [-0.4, -0.2) is 22.3 Å². The summed E-state index contributed by atoms with van der Waals surface area (Å²) in [4.78, 5) is 8.44. The van der Waals surface area contributed by atoms with Crippen molar-refractivity contribution in [2.24, 2.45) is 0 Å². The molecule has 1 N–H and O–H groups in total. The van der Waals surface area contributed by atoms with Gasteiger partial charge in [-0.05, 0) is 30.5 Å². The van der Waals surface area contributed by atoms with E-state index < -0.39 is 0 Å². The number of aryl methyl sites for hydroxylation is 1. The van der Waals surface area contributed by atoms with E-state index in [9.17, 15) is 0 Å². The van der Waals surface area contributed by atoms with E-state index >= 15 is 0 Å². The van der Waals surface area contributed by atoms with Crippen molar-refractivity contribution in [3.05, 3.63) is 54.0 Å². The van der Waals surface area contributed by atoms with E-state index in [1.807, 2.05) is 6.20 Å². The van der Waals surface area contributed by atoms with Crippen LogP contribution < -0.4 is 5.32 Å². The molecule has 3 nitrogen and oxygen atoms in total. The van der Waals surface area contributed by atoms with Gasteiger partial charge in [0.05, 0.1) is 6.20 Å². The summed E-state index contributed by atoms with van der Waals surface area (Å²) in [5.41, 5.74) is 2.73. The van der Waals surface area contributed by atoms with Crippen LogP contribution in [0.5, 0.6) is 0 Å². The van der Waals surface area contributed by atoms with Gasteiger partial charge < -0.3 is 5.32 Å². The van der Waals surface area contributed by atoms with E-state index in [2.05, 4.69) is 53.4 Å². The number of rotatable bonds is 8. The quantitative estimate of drug-likeness (QED) is 0.751. The van der Waals surface area contributed by atoms with Crippen molar-refractivity contribution in [2.75, 3.05) is 12.3 Å². The average Bonchev–Trinajstić information content (AvgIpc) is 2.56. The first-order valence-corrected chi connectivity index (χ1v) is 8.53. The minimum atomic E-state index is 0.350. The molecule has 0 saturated carbocycles. The maximum atomic E-state index is 4.32. The molecule has 112 valence electrons. The molecule has 21 heavy (non-hydrogen) atoms. The van der Waals surface area contributed by atoms with Crippen molar-refractivity contribution in [1.29, 1.82) is 0 Å². The Morgan fingerprint density at radius 1 is 1.14 bits per heavy atom. The van der Waals surface area contributed by atoms with Crippen LogP contribution in [0.2, 0.25) is 0 Å². The van der Waals surface area contributed by atoms with Gasteiger partial charge in [0.1, 0.15) is 5.03 Å². The second-order valence-electron chi connectivity index (χ2n) is 4.96. The summed E-state index contributed by atoms with van der Waals surface area (Å²) >= 11 is 1.75. The number of aromatic nitrogens is 2. The van der Waals surface area contributed by atoms with Crippen LogP contribution >= 0.6 is 11.8 Å². The smallest absolute Gasteiger partial charge is 0.114 e. The van der Waals surface area contributed by atoms with Gasteiger partial charge in [-0.25, -0.2) is 4.98 Å². The van der Waals surface area contributed by atoms with E-state index in [1.165, 1.54) is 11.1 Å². The monoisotopic (exact) mass is 301 g/mol. The summed E-state index contributed by atoms with van der Waals surface area (Å²) in [7, 11) is 0. The van der Waals surface area contributed by atoms with E-state index in [0.29, 0.717) is 6.04 Å². The molecule has 0 aliphatic heterocycles. The van der Waals surface area contributed by atoms with Crippen LogP contribution in [0.4, 0.5) is 0 Å². The lowest BCUT2D eigenvalue weighted by Gasteiger charge is -2.18. The molecule has 0 bridgehead atoms. The third-order valence-electron chi connectivity index (χ3n) is 3.37. The molecule has 0 fully saturated rings. The predicted octanol–water partition coefficient (Wildman–Crippen LogP) is 3.87. The first kappa shape index (κ1) is 16.0. The highest BCUT2D eigenvalue weighted by Crippen LogP contribution is 2.23. The molecule has 0 spiro atoms. The Bertz CT molecular complexity index is 513. The molecule has 0 aliphatic carbocycles. The summed E-state index contributed by atoms with van der Waals surface area (Å²) in [6.07, 6.45) is 7.50. The van der Waals surface area contributed by atoms with Crippen LogP contribution in [-0.2, 0) is 6.42 Å². The number of benzene rings is 1. The Balaban J connectivity index is 2.02. The summed E-state index contributed by atoms with van der Waals surface area (Å²) < 4.78 is 0. The van der Waals surface area contributed by atoms with Crippen LogP contribution in [0.3, 0.4) is 0 Å². The molecule has 0 aliphatic rings. The molecule has 2 aromatic rings. The minimum Gasteiger partial charge on any atom is -0.309 e. The van der Waals surface area contributed by atoms with E-state index in [-0.39, 0.29) is 0 Å². The Labute approximate surface area is 131 Å². The maximum absolute atomic E-state index is 4.32. The van der Waals surface area contributed by atoms with Gasteiger partial charge >= 0.3 is 0 Å². The molecule has 2 rings (SSSR count). The van der Waals surface area contributed by atoms with E-state index in [1.54, 1.807) is 24.2 Å². The first-order valence-electron chi connectivity index (χ1n) is 7.54. The highest BCUT2D eigenvalue weighted by Gasteiger charge is 2.11. The third kappa shape index (κ3) is 5.14. The van der Waals surface area contributed by atoms with Gasteiger partial charge in [0, 0.05) is 24.2 Å². The maximum Gasteiger partial charge on any atom is 0.114 e. The highest BCUT2D eigenvalue weighted by atomic mass is 32.2. The van der Waals surface area contributed by atoms with Gasteiger partial charge in [0.15, 0.2) is 0 Å². The van der Waals surface area contributed by atoms with Crippen molar-refractivity contribution in [3.8, 4) is 0 Å². The molecule has 1 unspecified atom stereocenters. The Kier molecular flexibility index (Phi) is 6.70. The first-order chi connectivity index (χ1) is 10.3. The van der Waals surface area contributed by atoms with Crippen molar-refractivity contribution in [1.82, 2.24) is 15.3 Å². The topological polar surface area (TPSA) is 37.8 Å². The standard InChI is InChI=1S/C17H23N3S/c1-3-9-19-16(13-21-17-12-18-10-11-20-17)15-7-5-14(4-2)6-8-15/h5-8,10-12,16,19H,3-4,9,13H2,1-2H3. The Hall–Kier alpha value is -1.39. The number of hydrogen-bond donors (Lipinski definition) is 1. The zero-order valence-corrected chi connectivity index (χ0v) is 13.6. The van der Waals surface area contributed by atoms with E-state index in [4.69, 9.17) is 0 Å². The van der Waals surface area contributed by atoms with Gasteiger partial charge in [0.25, 0.3) is 0 Å². The summed E-state index contributed by atoms with van der Waals surface area (Å²) in [5, 5.41) is 4.60. The van der Waals surface area contributed by atoms with Crippen molar-refractivity contribution >= 4 is 11.8 Å². The number of hydrogen-bond acceptors (Lipinski definition) is 4. The molecule has 1 atom stereocenters. The zero-order valence-electron chi connectivity index (χ0n) is 12.7. The zero-order chi connectivity index (χ0) is 14.9. The lowest BCUT2D eigenvalue weighted by molar-refractivity contribution is 0.577. The molecule has 4 heteroatoms. The minimum absolute atomic E-state index is 0.350. The second kappa shape index (κ2) is 8.80. The lowest BCUT2D eigenvalue weighted by atomic mass is 10.0. The summed E-state index contributed by atoms with van der Waals surface area (Å²) in [6, 6.07) is 9.28. The molecule has 1 aromatic heterocycles. The van der Waals surface area contributed by atoms with Gasteiger partial charge in [-0.3, -0.25) is 4.98 Å². The lowest BCUT2D eigenvalue weighted by Crippen LogP contribution is -2.24. The normalized spacial score (nSPS) is 12.3. The van der Waals surface area contributed by atoms with Crippen molar-refractivity contribution in [2.45, 2.75) is 37.8 Å². The van der Waals surface area contributed by atoms with Crippen LogP contribution in [0.25, 0.3) is 0 Å².